The Morgan fingerprint density at radius 1 is 1.11 bits per heavy atom. The SMILES string of the molecule is CC(C)(C)OC(=O)CC[C@]1(C(=O)NNCc2ccccc2F)N=C(c2ccc(OCCCO)cc2)O[C@H]1c1ccccc1N=[N+]=[N-]. The number of nitrogens with one attached hydrogen (secondary N) is 2. The van der Waals surface area contributed by atoms with Gasteiger partial charge in [-0.15, -0.1) is 0 Å². The zero-order valence-corrected chi connectivity index (χ0v) is 25.9. The van der Waals surface area contributed by atoms with Gasteiger partial charge in [0.25, 0.3) is 5.91 Å². The van der Waals surface area contributed by atoms with Crippen LogP contribution in [0.5, 0.6) is 5.75 Å². The Hall–Kier alpha value is -4.97. The molecule has 0 aliphatic carbocycles. The molecule has 0 radical (unpaired) electrons. The molecule has 0 bridgehead atoms. The van der Waals surface area contributed by atoms with Gasteiger partial charge < -0.3 is 19.3 Å². The summed E-state index contributed by atoms with van der Waals surface area (Å²) in [5.41, 5.74) is 13.6. The van der Waals surface area contributed by atoms with E-state index in [0.717, 1.165) is 0 Å². The maximum absolute atomic E-state index is 14.3. The Morgan fingerprint density at radius 2 is 1.83 bits per heavy atom. The third-order valence-electron chi connectivity index (χ3n) is 6.97. The summed E-state index contributed by atoms with van der Waals surface area (Å²) in [6, 6.07) is 19.6. The first-order valence-corrected chi connectivity index (χ1v) is 14.8. The molecule has 0 unspecified atom stereocenters. The second-order valence-electron chi connectivity index (χ2n) is 11.5. The van der Waals surface area contributed by atoms with Gasteiger partial charge in [-0.25, -0.2) is 14.8 Å². The fraction of sp³-hybridized carbons (Fsp3) is 0.364. The minimum atomic E-state index is -1.76. The summed E-state index contributed by atoms with van der Waals surface area (Å²) >= 11 is 0. The van der Waals surface area contributed by atoms with Gasteiger partial charge in [0.2, 0.25) is 5.90 Å². The fourth-order valence-corrected chi connectivity index (χ4v) is 4.85. The lowest BCUT2D eigenvalue weighted by molar-refractivity contribution is -0.155. The molecule has 0 saturated heterocycles. The van der Waals surface area contributed by atoms with Crippen molar-refractivity contribution in [2.45, 2.75) is 63.8 Å². The molecule has 1 aliphatic heterocycles. The molecule has 46 heavy (non-hydrogen) atoms. The fourth-order valence-electron chi connectivity index (χ4n) is 4.85. The van der Waals surface area contributed by atoms with Crippen LogP contribution in [0.4, 0.5) is 10.1 Å². The van der Waals surface area contributed by atoms with Crippen LogP contribution >= 0.6 is 0 Å². The highest BCUT2D eigenvalue weighted by molar-refractivity contribution is 6.01. The van der Waals surface area contributed by atoms with Crippen LogP contribution in [0.1, 0.15) is 62.8 Å². The molecule has 12 nitrogen and oxygen atoms in total. The molecule has 0 aromatic heterocycles. The van der Waals surface area contributed by atoms with Crippen molar-refractivity contribution >= 4 is 23.5 Å². The van der Waals surface area contributed by atoms with Crippen LogP contribution < -0.4 is 15.6 Å². The van der Waals surface area contributed by atoms with Crippen molar-refractivity contribution in [3.63, 3.8) is 0 Å². The number of nitrogens with zero attached hydrogens (tertiary/aromatic N) is 4. The summed E-state index contributed by atoms with van der Waals surface area (Å²) in [5, 5.41) is 12.8. The van der Waals surface area contributed by atoms with E-state index in [1.807, 2.05) is 0 Å². The van der Waals surface area contributed by atoms with E-state index in [1.54, 1.807) is 87.5 Å². The minimum Gasteiger partial charge on any atom is -0.494 e. The first kappa shape index (κ1) is 33.9. The molecule has 4 rings (SSSR count). The average Bonchev–Trinajstić information content (AvgIpc) is 3.42. The normalized spacial score (nSPS) is 17.3. The number of benzene rings is 3. The van der Waals surface area contributed by atoms with Crippen molar-refractivity contribution in [3.05, 3.63) is 106 Å². The Balaban J connectivity index is 1.75. The molecule has 3 aromatic carbocycles. The molecule has 1 heterocycles. The van der Waals surface area contributed by atoms with Gasteiger partial charge in [0.05, 0.1) is 6.61 Å². The first-order chi connectivity index (χ1) is 22.1. The molecule has 2 atom stereocenters. The standard InChI is InChI=1S/C33H37FN6O6/c1-32(2,3)46-28(42)17-18-33(31(43)39-36-21-23-9-4-6-11-26(23)34)29(25-10-5-7-12-27(25)38-40-35)45-30(37-33)22-13-15-24(16-14-22)44-20-8-19-41/h4-7,9-16,29,36,41H,8,17-21H2,1-3H3,(H,39,43)/t29-,33-/m0/s1. The van der Waals surface area contributed by atoms with Gasteiger partial charge in [-0.2, -0.15) is 0 Å². The van der Waals surface area contributed by atoms with Gasteiger partial charge in [-0.05, 0) is 63.1 Å². The summed E-state index contributed by atoms with van der Waals surface area (Å²) < 4.78 is 31.9. The number of hydrogen-bond acceptors (Lipinski definition) is 9. The highest BCUT2D eigenvalue weighted by Gasteiger charge is 2.54. The predicted molar refractivity (Wildman–Crippen MR) is 168 cm³/mol. The lowest BCUT2D eigenvalue weighted by Crippen LogP contribution is -2.52. The summed E-state index contributed by atoms with van der Waals surface area (Å²) in [5.74, 6) is -0.983. The molecule has 0 fully saturated rings. The third-order valence-corrected chi connectivity index (χ3v) is 6.97. The van der Waals surface area contributed by atoms with E-state index in [1.165, 1.54) is 6.07 Å². The van der Waals surface area contributed by atoms with E-state index in [9.17, 15) is 19.5 Å². The van der Waals surface area contributed by atoms with E-state index in [4.69, 9.17) is 24.3 Å². The molecule has 3 N–H and O–H groups in total. The highest BCUT2D eigenvalue weighted by Crippen LogP contribution is 2.46. The Labute approximate surface area is 266 Å². The predicted octanol–water partition coefficient (Wildman–Crippen LogP) is 5.73. The quantitative estimate of drug-likeness (QED) is 0.0509. The molecule has 0 spiro atoms. The molecule has 3 aromatic rings. The number of hydrogen-bond donors (Lipinski definition) is 3. The number of esters is 1. The minimum absolute atomic E-state index is 0.00400. The van der Waals surface area contributed by atoms with E-state index in [2.05, 4.69) is 20.9 Å². The van der Waals surface area contributed by atoms with E-state index in [0.29, 0.717) is 35.5 Å². The number of carbonyl (C=O) groups excluding carboxylic acids is 2. The van der Waals surface area contributed by atoms with Gasteiger partial charge in [0.1, 0.15) is 17.2 Å². The zero-order chi connectivity index (χ0) is 33.2. The van der Waals surface area contributed by atoms with Gasteiger partial charge in [-0.3, -0.25) is 15.0 Å². The average molecular weight is 633 g/mol. The van der Waals surface area contributed by atoms with Crippen LogP contribution in [-0.2, 0) is 25.6 Å². The Morgan fingerprint density at radius 3 is 2.52 bits per heavy atom. The van der Waals surface area contributed by atoms with Crippen molar-refractivity contribution in [2.75, 3.05) is 13.2 Å². The zero-order valence-electron chi connectivity index (χ0n) is 25.9. The molecular weight excluding hydrogens is 595 g/mol. The van der Waals surface area contributed by atoms with Crippen LogP contribution in [0.3, 0.4) is 0 Å². The maximum atomic E-state index is 14.3. The van der Waals surface area contributed by atoms with Crippen LogP contribution in [0.15, 0.2) is 82.9 Å². The number of amides is 1. The summed E-state index contributed by atoms with van der Waals surface area (Å²) in [7, 11) is 0. The second-order valence-corrected chi connectivity index (χ2v) is 11.5. The van der Waals surface area contributed by atoms with Gasteiger partial charge in [0, 0.05) is 53.3 Å². The monoisotopic (exact) mass is 632 g/mol. The number of ether oxygens (including phenoxy) is 3. The van der Waals surface area contributed by atoms with E-state index >= 15 is 0 Å². The van der Waals surface area contributed by atoms with Crippen LogP contribution in [0.25, 0.3) is 10.4 Å². The summed E-state index contributed by atoms with van der Waals surface area (Å²) in [6.07, 6.45) is -1.00. The van der Waals surface area contributed by atoms with Crippen molar-refractivity contribution in [2.24, 2.45) is 10.1 Å². The van der Waals surface area contributed by atoms with Crippen molar-refractivity contribution < 1.29 is 33.3 Å². The Kier molecular flexibility index (Phi) is 11.3. The maximum Gasteiger partial charge on any atom is 0.306 e. The number of aliphatic hydroxyl groups is 1. The van der Waals surface area contributed by atoms with Gasteiger partial charge in [-0.1, -0.05) is 47.6 Å². The van der Waals surface area contributed by atoms with Crippen LogP contribution in [0.2, 0.25) is 0 Å². The van der Waals surface area contributed by atoms with E-state index in [-0.39, 0.29) is 37.6 Å². The van der Waals surface area contributed by atoms with Crippen molar-refractivity contribution in [1.82, 2.24) is 10.9 Å². The number of hydrazine groups is 1. The molecule has 13 heteroatoms. The number of aliphatic hydroxyl groups excluding tert-OH is 1. The number of rotatable bonds is 14. The smallest absolute Gasteiger partial charge is 0.306 e. The second kappa shape index (κ2) is 15.3. The molecular formula is C33H37FN6O6. The first-order valence-electron chi connectivity index (χ1n) is 14.8. The number of carbonyl (C=O) groups is 2. The largest absolute Gasteiger partial charge is 0.494 e. The van der Waals surface area contributed by atoms with Gasteiger partial charge >= 0.3 is 5.97 Å². The Bertz CT molecular complexity index is 1600. The summed E-state index contributed by atoms with van der Waals surface area (Å²) in [6.45, 7) is 5.53. The van der Waals surface area contributed by atoms with Crippen molar-refractivity contribution in [1.29, 1.82) is 0 Å². The van der Waals surface area contributed by atoms with Crippen molar-refractivity contribution in [3.8, 4) is 5.75 Å². The van der Waals surface area contributed by atoms with Crippen LogP contribution in [-0.4, -0.2) is 47.2 Å². The van der Waals surface area contributed by atoms with Gasteiger partial charge in [0.15, 0.2) is 11.6 Å². The summed E-state index contributed by atoms with van der Waals surface area (Å²) in [4.78, 5) is 34.9. The van der Waals surface area contributed by atoms with Crippen LogP contribution in [0, 0.1) is 5.82 Å². The molecule has 0 saturated carbocycles. The number of azide groups is 1. The number of halogens is 1. The topological polar surface area (TPSA) is 167 Å². The lowest BCUT2D eigenvalue weighted by Gasteiger charge is -2.31. The molecule has 1 amide bonds. The van der Waals surface area contributed by atoms with E-state index < -0.39 is 34.9 Å². The molecule has 242 valence electrons. The number of aliphatic imine (C=N–C) groups is 1. The third kappa shape index (κ3) is 8.60. The highest BCUT2D eigenvalue weighted by atomic mass is 19.1. The molecule has 1 aliphatic rings. The lowest BCUT2D eigenvalue weighted by atomic mass is 9.83.